The highest BCUT2D eigenvalue weighted by Gasteiger charge is 2.23. The van der Waals surface area contributed by atoms with Gasteiger partial charge in [0.2, 0.25) is 5.91 Å². The molecule has 0 spiro atoms. The minimum Gasteiger partial charge on any atom is -0.319 e. The molecule has 0 aliphatic carbocycles. The third-order valence-electron chi connectivity index (χ3n) is 5.39. The number of aromatic nitrogens is 4. The molecule has 164 valence electrons. The van der Waals surface area contributed by atoms with E-state index in [1.807, 2.05) is 79.1 Å². The maximum Gasteiger partial charge on any atom is 0.295 e. The molecule has 4 aromatic rings. The summed E-state index contributed by atoms with van der Waals surface area (Å²) in [6.07, 6.45) is 1.81. The first-order valence-electron chi connectivity index (χ1n) is 10.3. The molecule has 2 heterocycles. The highest BCUT2D eigenvalue weighted by atomic mass is 32.2. The first kappa shape index (κ1) is 21.7. The SMILES string of the molecule is C=CCn1c(SC(C)C(=O)Nc2c(C)n(C)n(-c3ccccc3)c2=O)nc2ccccc21. The summed E-state index contributed by atoms with van der Waals surface area (Å²) in [5.74, 6) is -0.252. The number of hydrogen-bond acceptors (Lipinski definition) is 4. The number of rotatable bonds is 7. The van der Waals surface area contributed by atoms with Crippen LogP contribution in [0.3, 0.4) is 0 Å². The van der Waals surface area contributed by atoms with Crippen LogP contribution in [0.1, 0.15) is 12.6 Å². The van der Waals surface area contributed by atoms with E-state index in [-0.39, 0.29) is 17.2 Å². The van der Waals surface area contributed by atoms with Crippen LogP contribution in [0.25, 0.3) is 16.7 Å². The summed E-state index contributed by atoms with van der Waals surface area (Å²) in [5, 5.41) is 3.12. The molecule has 0 saturated carbocycles. The van der Waals surface area contributed by atoms with Crippen molar-refractivity contribution in [1.29, 1.82) is 0 Å². The molecule has 1 unspecified atom stereocenters. The van der Waals surface area contributed by atoms with Crippen LogP contribution in [-0.4, -0.2) is 30.1 Å². The largest absolute Gasteiger partial charge is 0.319 e. The lowest BCUT2D eigenvalue weighted by molar-refractivity contribution is -0.115. The van der Waals surface area contributed by atoms with Crippen LogP contribution in [-0.2, 0) is 18.4 Å². The second kappa shape index (κ2) is 8.92. The molecule has 1 N–H and O–H groups in total. The number of amides is 1. The van der Waals surface area contributed by atoms with E-state index >= 15 is 0 Å². The number of para-hydroxylation sites is 3. The lowest BCUT2D eigenvalue weighted by Gasteiger charge is -2.12. The second-order valence-corrected chi connectivity index (χ2v) is 8.78. The topological polar surface area (TPSA) is 73.8 Å². The standard InChI is InChI=1S/C24H25N5O2S/c1-5-15-28-20-14-10-9-13-19(20)25-24(28)32-17(3)22(30)26-21-16(2)27(4)29(23(21)31)18-11-7-6-8-12-18/h5-14,17H,1,15H2,2-4H3,(H,26,30). The van der Waals surface area contributed by atoms with Gasteiger partial charge in [-0.3, -0.25) is 14.3 Å². The van der Waals surface area contributed by atoms with Gasteiger partial charge in [-0.2, -0.15) is 0 Å². The average molecular weight is 448 g/mol. The van der Waals surface area contributed by atoms with Crippen LogP contribution in [0.15, 0.2) is 77.2 Å². The Morgan fingerprint density at radius 1 is 1.19 bits per heavy atom. The van der Waals surface area contributed by atoms with Gasteiger partial charge in [-0.1, -0.05) is 48.2 Å². The number of allylic oxidation sites excluding steroid dienone is 1. The summed E-state index contributed by atoms with van der Waals surface area (Å²) in [4.78, 5) is 30.8. The Labute approximate surface area is 190 Å². The number of nitrogens with zero attached hydrogens (tertiary/aromatic N) is 4. The van der Waals surface area contributed by atoms with Gasteiger partial charge in [0.05, 0.1) is 27.7 Å². The number of anilines is 1. The van der Waals surface area contributed by atoms with E-state index in [2.05, 4.69) is 16.9 Å². The van der Waals surface area contributed by atoms with Crippen molar-refractivity contribution >= 4 is 34.4 Å². The Morgan fingerprint density at radius 3 is 2.59 bits per heavy atom. The fourth-order valence-corrected chi connectivity index (χ4v) is 4.53. The highest BCUT2D eigenvalue weighted by molar-refractivity contribution is 8.00. The predicted molar refractivity (Wildman–Crippen MR) is 130 cm³/mol. The molecule has 2 aromatic heterocycles. The van der Waals surface area contributed by atoms with Crippen LogP contribution in [0.2, 0.25) is 0 Å². The molecule has 0 radical (unpaired) electrons. The number of benzene rings is 2. The van der Waals surface area contributed by atoms with Crippen molar-refractivity contribution in [2.24, 2.45) is 7.05 Å². The molecular formula is C24H25N5O2S. The number of carbonyl (C=O) groups is 1. The molecule has 0 aliphatic heterocycles. The van der Waals surface area contributed by atoms with Gasteiger partial charge in [-0.05, 0) is 38.1 Å². The Hall–Kier alpha value is -3.52. The third kappa shape index (κ3) is 3.89. The van der Waals surface area contributed by atoms with Gasteiger partial charge >= 0.3 is 0 Å². The van der Waals surface area contributed by atoms with Crippen molar-refractivity contribution in [2.45, 2.75) is 30.8 Å². The van der Waals surface area contributed by atoms with Gasteiger partial charge < -0.3 is 9.88 Å². The van der Waals surface area contributed by atoms with E-state index in [9.17, 15) is 9.59 Å². The molecule has 32 heavy (non-hydrogen) atoms. The number of imidazole rings is 1. The molecule has 7 nitrogen and oxygen atoms in total. The summed E-state index contributed by atoms with van der Waals surface area (Å²) < 4.78 is 5.33. The van der Waals surface area contributed by atoms with E-state index in [1.165, 1.54) is 11.8 Å². The first-order chi connectivity index (χ1) is 15.4. The van der Waals surface area contributed by atoms with Crippen molar-refractivity contribution in [3.05, 3.63) is 83.3 Å². The minimum absolute atomic E-state index is 0.252. The van der Waals surface area contributed by atoms with Gasteiger partial charge in [0.25, 0.3) is 5.56 Å². The zero-order valence-electron chi connectivity index (χ0n) is 18.3. The Bertz CT molecular complexity index is 1350. The zero-order valence-corrected chi connectivity index (χ0v) is 19.1. The van der Waals surface area contributed by atoms with Gasteiger partial charge in [-0.15, -0.1) is 6.58 Å². The van der Waals surface area contributed by atoms with Gasteiger partial charge in [0.15, 0.2) is 5.16 Å². The molecule has 1 atom stereocenters. The molecule has 0 fully saturated rings. The number of fused-ring (bicyclic) bond motifs is 1. The molecule has 2 aromatic carbocycles. The summed E-state index contributed by atoms with van der Waals surface area (Å²) in [7, 11) is 1.80. The molecule has 8 heteroatoms. The maximum atomic E-state index is 13.1. The fraction of sp³-hybridized carbons (Fsp3) is 0.208. The summed E-state index contributed by atoms with van der Waals surface area (Å²) in [6, 6.07) is 17.2. The van der Waals surface area contributed by atoms with Crippen molar-refractivity contribution < 1.29 is 4.79 Å². The van der Waals surface area contributed by atoms with E-state index < -0.39 is 5.25 Å². The predicted octanol–water partition coefficient (Wildman–Crippen LogP) is 4.14. The van der Waals surface area contributed by atoms with Crippen LogP contribution in [0.4, 0.5) is 5.69 Å². The summed E-state index contributed by atoms with van der Waals surface area (Å²) >= 11 is 1.36. The van der Waals surface area contributed by atoms with Crippen molar-refractivity contribution in [3.63, 3.8) is 0 Å². The third-order valence-corrected chi connectivity index (χ3v) is 6.48. The fourth-order valence-electron chi connectivity index (χ4n) is 3.60. The number of carbonyl (C=O) groups excluding carboxylic acids is 1. The lowest BCUT2D eigenvalue weighted by Crippen LogP contribution is -2.27. The summed E-state index contributed by atoms with van der Waals surface area (Å²) in [5.41, 5.74) is 3.31. The van der Waals surface area contributed by atoms with E-state index in [0.717, 1.165) is 21.9 Å². The Kier molecular flexibility index (Phi) is 6.05. The van der Waals surface area contributed by atoms with Crippen LogP contribution < -0.4 is 10.9 Å². The quantitative estimate of drug-likeness (QED) is 0.341. The van der Waals surface area contributed by atoms with Crippen LogP contribution in [0.5, 0.6) is 0 Å². The lowest BCUT2D eigenvalue weighted by atomic mass is 10.3. The zero-order chi connectivity index (χ0) is 22.8. The van der Waals surface area contributed by atoms with Crippen LogP contribution in [0, 0.1) is 6.92 Å². The monoisotopic (exact) mass is 447 g/mol. The number of hydrogen-bond donors (Lipinski definition) is 1. The highest BCUT2D eigenvalue weighted by Crippen LogP contribution is 2.28. The van der Waals surface area contributed by atoms with Gasteiger partial charge in [-0.25, -0.2) is 9.67 Å². The maximum absolute atomic E-state index is 13.1. The molecular weight excluding hydrogens is 422 g/mol. The second-order valence-electron chi connectivity index (χ2n) is 7.47. The Balaban J connectivity index is 1.59. The van der Waals surface area contributed by atoms with E-state index in [1.54, 1.807) is 16.4 Å². The normalized spacial score (nSPS) is 12.1. The number of nitrogens with one attached hydrogen (secondary N) is 1. The smallest absolute Gasteiger partial charge is 0.295 e. The van der Waals surface area contributed by atoms with Crippen molar-refractivity contribution in [2.75, 3.05) is 5.32 Å². The molecule has 0 aliphatic rings. The average Bonchev–Trinajstić information content (AvgIpc) is 3.24. The molecule has 1 amide bonds. The van der Waals surface area contributed by atoms with E-state index in [0.29, 0.717) is 12.2 Å². The van der Waals surface area contributed by atoms with Crippen LogP contribution >= 0.6 is 11.8 Å². The van der Waals surface area contributed by atoms with E-state index in [4.69, 9.17) is 0 Å². The van der Waals surface area contributed by atoms with Gasteiger partial charge in [0, 0.05) is 13.6 Å². The molecule has 4 rings (SSSR count). The van der Waals surface area contributed by atoms with Crippen molar-refractivity contribution in [3.8, 4) is 5.69 Å². The first-order valence-corrected chi connectivity index (χ1v) is 11.2. The van der Waals surface area contributed by atoms with Gasteiger partial charge in [0.1, 0.15) is 5.69 Å². The summed E-state index contributed by atoms with van der Waals surface area (Å²) in [6.45, 7) is 8.05. The molecule has 0 bridgehead atoms. The number of thioether (sulfide) groups is 1. The molecule has 0 saturated heterocycles. The Morgan fingerprint density at radius 2 is 1.88 bits per heavy atom. The minimum atomic E-state index is -0.459. The van der Waals surface area contributed by atoms with Crippen molar-refractivity contribution in [1.82, 2.24) is 18.9 Å².